The van der Waals surface area contributed by atoms with Crippen LogP contribution in [0.15, 0.2) is 24.8 Å². The van der Waals surface area contributed by atoms with Gasteiger partial charge in [0, 0.05) is 18.3 Å². The third-order valence-corrected chi connectivity index (χ3v) is 8.70. The van der Waals surface area contributed by atoms with Crippen LogP contribution in [0.3, 0.4) is 0 Å². The molecule has 0 bridgehead atoms. The molecule has 0 aliphatic carbocycles. The van der Waals surface area contributed by atoms with Gasteiger partial charge in [-0.3, -0.25) is 0 Å². The maximum atomic E-state index is 6.28. The molecule has 0 saturated carbocycles. The highest BCUT2D eigenvalue weighted by Gasteiger charge is 2.37. The Hall–Kier alpha value is -1.06. The van der Waals surface area contributed by atoms with Gasteiger partial charge in [-0.1, -0.05) is 33.4 Å². The predicted molar refractivity (Wildman–Crippen MR) is 92.7 cm³/mol. The first-order valence-electron chi connectivity index (χ1n) is 7.19. The summed E-state index contributed by atoms with van der Waals surface area (Å²) in [7, 11) is 0.246. The molecule has 3 heteroatoms. The molecule has 0 amide bonds. The Bertz CT molecular complexity index is 486. The van der Waals surface area contributed by atoms with Crippen LogP contribution >= 0.6 is 0 Å². The summed E-state index contributed by atoms with van der Waals surface area (Å²) >= 11 is 0. The van der Waals surface area contributed by atoms with Crippen LogP contribution in [0.2, 0.25) is 18.1 Å². The Balaban J connectivity index is 2.90. The zero-order chi connectivity index (χ0) is 15.6. The van der Waals surface area contributed by atoms with Crippen LogP contribution < -0.4 is 5.32 Å². The molecule has 0 unspecified atom stereocenters. The molecule has 0 atom stereocenters. The number of allylic oxidation sites excluding steroid dienone is 1. The molecule has 112 valence electrons. The van der Waals surface area contributed by atoms with Crippen molar-refractivity contribution in [2.24, 2.45) is 0 Å². The number of rotatable bonds is 5. The lowest BCUT2D eigenvalue weighted by molar-refractivity contribution is 0.276. The lowest BCUT2D eigenvalue weighted by Gasteiger charge is -2.36. The maximum absolute atomic E-state index is 6.28. The molecule has 0 aliphatic heterocycles. The average Bonchev–Trinajstić information content (AvgIpc) is 2.34. The summed E-state index contributed by atoms with van der Waals surface area (Å²) in [4.78, 5) is 0. The molecule has 1 aromatic carbocycles. The lowest BCUT2D eigenvalue weighted by atomic mass is 10.0. The smallest absolute Gasteiger partial charge is 0.192 e. The van der Waals surface area contributed by atoms with E-state index in [9.17, 15) is 0 Å². The number of nitrogens with one attached hydrogen (secondary N) is 1. The van der Waals surface area contributed by atoms with Gasteiger partial charge < -0.3 is 9.74 Å². The summed E-state index contributed by atoms with van der Waals surface area (Å²) in [5, 5.41) is 3.45. The van der Waals surface area contributed by atoms with Gasteiger partial charge >= 0.3 is 0 Å². The molecule has 0 heterocycles. The van der Waals surface area contributed by atoms with Crippen molar-refractivity contribution in [2.45, 2.75) is 52.4 Å². The molecule has 0 spiro atoms. The molecule has 0 saturated heterocycles. The molecule has 20 heavy (non-hydrogen) atoms. The predicted octanol–water partition coefficient (Wildman–Crippen LogP) is 5.28. The molecular formula is C17H29NOSi. The normalized spacial score (nSPS) is 12.3. The van der Waals surface area contributed by atoms with Crippen molar-refractivity contribution in [1.82, 2.24) is 0 Å². The number of hydrogen-bond acceptors (Lipinski definition) is 2. The third-order valence-electron chi connectivity index (χ3n) is 4.22. The highest BCUT2D eigenvalue weighted by atomic mass is 28.4. The van der Waals surface area contributed by atoms with E-state index in [1.165, 1.54) is 11.1 Å². The number of hydrogen-bond donors (Lipinski definition) is 1. The van der Waals surface area contributed by atoms with Crippen LogP contribution in [0.5, 0.6) is 0 Å². The summed E-state index contributed by atoms with van der Waals surface area (Å²) in [5.74, 6) is 0. The van der Waals surface area contributed by atoms with E-state index >= 15 is 0 Å². The van der Waals surface area contributed by atoms with Crippen molar-refractivity contribution in [1.29, 1.82) is 0 Å². The van der Waals surface area contributed by atoms with Crippen molar-refractivity contribution < 1.29 is 4.43 Å². The van der Waals surface area contributed by atoms with Crippen molar-refractivity contribution in [2.75, 3.05) is 12.4 Å². The van der Waals surface area contributed by atoms with Gasteiger partial charge in [0.25, 0.3) is 0 Å². The van der Waals surface area contributed by atoms with E-state index < -0.39 is 8.32 Å². The first kappa shape index (κ1) is 17.0. The molecular weight excluding hydrogens is 262 g/mol. The highest BCUT2D eigenvalue weighted by molar-refractivity contribution is 6.74. The Kier molecular flexibility index (Phi) is 5.22. The maximum Gasteiger partial charge on any atom is 0.192 e. The topological polar surface area (TPSA) is 21.3 Å². The van der Waals surface area contributed by atoms with Crippen molar-refractivity contribution in [3.05, 3.63) is 35.9 Å². The van der Waals surface area contributed by atoms with E-state index in [2.05, 4.69) is 64.0 Å². The van der Waals surface area contributed by atoms with Crippen LogP contribution in [0, 0.1) is 0 Å². The zero-order valence-corrected chi connectivity index (χ0v) is 15.1. The van der Waals surface area contributed by atoms with Gasteiger partial charge in [0.1, 0.15) is 0 Å². The van der Waals surface area contributed by atoms with Crippen molar-refractivity contribution >= 4 is 19.6 Å². The van der Waals surface area contributed by atoms with Crippen LogP contribution in [-0.4, -0.2) is 15.4 Å². The second-order valence-electron chi connectivity index (χ2n) is 6.96. The number of benzene rings is 1. The minimum atomic E-state index is -1.69. The number of anilines is 1. The third kappa shape index (κ3) is 3.97. The van der Waals surface area contributed by atoms with Crippen molar-refractivity contribution in [3.63, 3.8) is 0 Å². The molecule has 1 rings (SSSR count). The largest absolute Gasteiger partial charge is 0.413 e. The summed E-state index contributed by atoms with van der Waals surface area (Å²) in [6.45, 7) is 18.1. The fourth-order valence-electron chi connectivity index (χ4n) is 1.73. The summed E-state index contributed by atoms with van der Waals surface area (Å²) in [6, 6.07) is 6.42. The molecule has 0 aliphatic rings. The van der Waals surface area contributed by atoms with E-state index in [0.717, 1.165) is 11.3 Å². The van der Waals surface area contributed by atoms with E-state index in [1.807, 2.05) is 14.0 Å². The fraction of sp³-hybridized carbons (Fsp3) is 0.529. The first-order chi connectivity index (χ1) is 9.08. The van der Waals surface area contributed by atoms with E-state index in [4.69, 9.17) is 4.43 Å². The Morgan fingerprint density at radius 2 is 1.90 bits per heavy atom. The van der Waals surface area contributed by atoms with Gasteiger partial charge in [-0.2, -0.15) is 0 Å². The quantitative estimate of drug-likeness (QED) is 0.745. The van der Waals surface area contributed by atoms with Crippen LogP contribution in [0.4, 0.5) is 5.69 Å². The second kappa shape index (κ2) is 6.14. The fourth-order valence-corrected chi connectivity index (χ4v) is 2.69. The van der Waals surface area contributed by atoms with Gasteiger partial charge in [-0.15, -0.1) is 0 Å². The summed E-state index contributed by atoms with van der Waals surface area (Å²) < 4.78 is 6.28. The van der Waals surface area contributed by atoms with Gasteiger partial charge in [-0.25, -0.2) is 0 Å². The van der Waals surface area contributed by atoms with E-state index in [1.54, 1.807) is 0 Å². The van der Waals surface area contributed by atoms with Gasteiger partial charge in [0.15, 0.2) is 8.32 Å². The van der Waals surface area contributed by atoms with Crippen molar-refractivity contribution in [3.8, 4) is 0 Å². The van der Waals surface area contributed by atoms with Gasteiger partial charge in [0.05, 0.1) is 6.61 Å². The SMILES string of the molecule is C=C(C)c1cc(CO[Si](C)(C)C(C)(C)C)ccc1NC. The molecule has 1 N–H and O–H groups in total. The highest BCUT2D eigenvalue weighted by Crippen LogP contribution is 2.37. The Labute approximate surface area is 125 Å². The Morgan fingerprint density at radius 1 is 1.30 bits per heavy atom. The molecule has 2 nitrogen and oxygen atoms in total. The van der Waals surface area contributed by atoms with Gasteiger partial charge in [0.2, 0.25) is 0 Å². The van der Waals surface area contributed by atoms with Crippen LogP contribution in [0.1, 0.15) is 38.8 Å². The minimum absolute atomic E-state index is 0.245. The standard InChI is InChI=1S/C17H29NOSi/c1-13(2)15-11-14(9-10-16(15)18-6)12-19-20(7,8)17(3,4)5/h9-11,18H,1,12H2,2-8H3. The second-order valence-corrected chi connectivity index (χ2v) is 11.8. The van der Waals surface area contributed by atoms with Gasteiger partial charge in [-0.05, 0) is 48.3 Å². The average molecular weight is 292 g/mol. The van der Waals surface area contributed by atoms with E-state index in [0.29, 0.717) is 6.61 Å². The minimum Gasteiger partial charge on any atom is -0.413 e. The summed E-state index contributed by atoms with van der Waals surface area (Å²) in [5.41, 5.74) is 4.58. The lowest BCUT2D eigenvalue weighted by Crippen LogP contribution is -2.40. The van der Waals surface area contributed by atoms with Crippen LogP contribution in [0.25, 0.3) is 5.57 Å². The zero-order valence-electron chi connectivity index (χ0n) is 14.1. The Morgan fingerprint density at radius 3 is 2.35 bits per heavy atom. The van der Waals surface area contributed by atoms with E-state index in [-0.39, 0.29) is 5.04 Å². The molecule has 1 aromatic rings. The molecule has 0 fully saturated rings. The molecule has 0 aromatic heterocycles. The van der Waals surface area contributed by atoms with Crippen LogP contribution in [-0.2, 0) is 11.0 Å². The first-order valence-corrected chi connectivity index (χ1v) is 10.1. The monoisotopic (exact) mass is 291 g/mol. The molecule has 0 radical (unpaired) electrons. The summed E-state index contributed by atoms with van der Waals surface area (Å²) in [6.07, 6.45) is 0.